The van der Waals surface area contributed by atoms with Gasteiger partial charge in [0.05, 0.1) is 5.25 Å². The van der Waals surface area contributed by atoms with Gasteiger partial charge >= 0.3 is 6.18 Å². The molecular weight excluding hydrogens is 651 g/mol. The fourth-order valence-corrected chi connectivity index (χ4v) is 5.02. The van der Waals surface area contributed by atoms with E-state index < -0.39 is 63.7 Å². The predicted octanol–water partition coefficient (Wildman–Crippen LogP) is 8.10. The van der Waals surface area contributed by atoms with Gasteiger partial charge in [-0.05, 0) is 55.8 Å². The maximum atomic E-state index is 14.3. The van der Waals surface area contributed by atoms with E-state index >= 15 is 0 Å². The molecule has 6 nitrogen and oxygen atoms in total. The maximum Gasteiger partial charge on any atom is 0.422 e. The van der Waals surface area contributed by atoms with Crippen LogP contribution in [0.2, 0.25) is 0 Å². The highest BCUT2D eigenvalue weighted by molar-refractivity contribution is 8.00. The van der Waals surface area contributed by atoms with Gasteiger partial charge in [0, 0.05) is 16.1 Å². The molecule has 47 heavy (non-hydrogen) atoms. The van der Waals surface area contributed by atoms with Crippen LogP contribution < -0.4 is 16.0 Å². The van der Waals surface area contributed by atoms with E-state index in [9.17, 15) is 45.1 Å². The first kappa shape index (κ1) is 34.8. The summed E-state index contributed by atoms with van der Waals surface area (Å²) < 4.78 is 95.1. The third kappa shape index (κ3) is 8.58. The molecule has 4 aromatic carbocycles. The number of nitrogens with one attached hydrogen (secondary N) is 3. The van der Waals surface area contributed by atoms with Crippen LogP contribution in [0.1, 0.15) is 34.0 Å². The van der Waals surface area contributed by atoms with E-state index in [-0.39, 0.29) is 11.4 Å². The average Bonchev–Trinajstić information content (AvgIpc) is 3.02. The minimum absolute atomic E-state index is 0.0893. The van der Waals surface area contributed by atoms with Gasteiger partial charge in [0.2, 0.25) is 5.91 Å². The third-order valence-corrected chi connectivity index (χ3v) is 7.58. The molecule has 4 aromatic rings. The fraction of sp³-hybridized carbons (Fsp3) is 0.121. The van der Waals surface area contributed by atoms with Crippen LogP contribution in [0.5, 0.6) is 0 Å². The van der Waals surface area contributed by atoms with Crippen molar-refractivity contribution in [3.05, 3.63) is 130 Å². The molecule has 0 heterocycles. The lowest BCUT2D eigenvalue weighted by atomic mass is 10.1. The predicted molar refractivity (Wildman–Crippen MR) is 163 cm³/mol. The number of carbonyl (C=O) groups excluding carboxylic acids is 3. The SMILES string of the molecule is Cc1ccc(/C=C(/NC(=O)c2ccccc2)C(=O)Nc2cccc(SC(C)C(=O)Nc3c(F)c(F)c(C(F)(F)F)c(F)c3F)c2)cc1. The Hall–Kier alpha value is -5.11. The van der Waals surface area contributed by atoms with E-state index in [4.69, 9.17) is 0 Å². The largest absolute Gasteiger partial charge is 0.422 e. The van der Waals surface area contributed by atoms with Crippen molar-refractivity contribution in [3.8, 4) is 0 Å². The van der Waals surface area contributed by atoms with Crippen molar-refractivity contribution in [1.29, 1.82) is 0 Å². The summed E-state index contributed by atoms with van der Waals surface area (Å²) in [5.41, 5.74) is -2.43. The van der Waals surface area contributed by atoms with Crippen LogP contribution >= 0.6 is 11.8 Å². The highest BCUT2D eigenvalue weighted by atomic mass is 32.2. The Labute approximate surface area is 268 Å². The summed E-state index contributed by atoms with van der Waals surface area (Å²) in [7, 11) is 0. The Morgan fingerprint density at radius 3 is 2.00 bits per heavy atom. The van der Waals surface area contributed by atoms with E-state index in [2.05, 4.69) is 10.6 Å². The second kappa shape index (κ2) is 14.5. The van der Waals surface area contributed by atoms with Crippen molar-refractivity contribution < 1.29 is 45.1 Å². The molecule has 0 aliphatic carbocycles. The minimum Gasteiger partial charge on any atom is -0.321 e. The number of hydrogen-bond acceptors (Lipinski definition) is 4. The summed E-state index contributed by atoms with van der Waals surface area (Å²) in [5.74, 6) is -12.7. The normalized spacial score (nSPS) is 12.3. The van der Waals surface area contributed by atoms with Gasteiger partial charge in [0.25, 0.3) is 11.8 Å². The highest BCUT2D eigenvalue weighted by Crippen LogP contribution is 2.39. The molecule has 1 atom stereocenters. The Morgan fingerprint density at radius 2 is 1.40 bits per heavy atom. The number of halogens is 7. The van der Waals surface area contributed by atoms with Gasteiger partial charge in [-0.1, -0.05) is 54.1 Å². The number of benzene rings is 4. The van der Waals surface area contributed by atoms with Gasteiger partial charge in [-0.2, -0.15) is 13.2 Å². The van der Waals surface area contributed by atoms with E-state index in [1.165, 1.54) is 37.3 Å². The molecule has 3 amide bonds. The summed E-state index contributed by atoms with van der Waals surface area (Å²) in [6.45, 7) is 3.15. The van der Waals surface area contributed by atoms with Crippen molar-refractivity contribution in [2.75, 3.05) is 10.6 Å². The van der Waals surface area contributed by atoms with Gasteiger partial charge in [-0.25, -0.2) is 17.6 Å². The Bertz CT molecular complexity index is 1820. The summed E-state index contributed by atoms with van der Waals surface area (Å²) in [6, 6.07) is 21.3. The number of thioether (sulfide) groups is 1. The number of amides is 3. The molecule has 3 N–H and O–H groups in total. The molecule has 0 spiro atoms. The van der Waals surface area contributed by atoms with Crippen molar-refractivity contribution in [2.45, 2.75) is 30.2 Å². The highest BCUT2D eigenvalue weighted by Gasteiger charge is 2.42. The van der Waals surface area contributed by atoms with E-state index in [1.54, 1.807) is 47.8 Å². The maximum absolute atomic E-state index is 14.3. The van der Waals surface area contributed by atoms with Gasteiger partial charge in [0.1, 0.15) is 16.9 Å². The van der Waals surface area contributed by atoms with E-state index in [1.807, 2.05) is 19.1 Å². The lowest BCUT2D eigenvalue weighted by Gasteiger charge is -2.17. The lowest BCUT2D eigenvalue weighted by molar-refractivity contribution is -0.143. The van der Waals surface area contributed by atoms with Gasteiger partial charge in [-0.3, -0.25) is 14.4 Å². The molecule has 0 aliphatic rings. The lowest BCUT2D eigenvalue weighted by Crippen LogP contribution is -2.30. The molecule has 0 aromatic heterocycles. The quantitative estimate of drug-likeness (QED) is 0.0725. The number of hydrogen-bond donors (Lipinski definition) is 3. The van der Waals surface area contributed by atoms with Crippen LogP contribution in [0.25, 0.3) is 6.08 Å². The molecule has 0 fully saturated rings. The molecular formula is C33H24F7N3O3S. The first-order chi connectivity index (χ1) is 22.1. The van der Waals surface area contributed by atoms with Crippen molar-refractivity contribution in [2.24, 2.45) is 0 Å². The number of carbonyl (C=O) groups is 3. The average molecular weight is 676 g/mol. The molecule has 0 aliphatic heterocycles. The monoisotopic (exact) mass is 675 g/mol. The zero-order chi connectivity index (χ0) is 34.5. The summed E-state index contributed by atoms with van der Waals surface area (Å²) in [5, 5.41) is 5.66. The van der Waals surface area contributed by atoms with Crippen molar-refractivity contribution in [3.63, 3.8) is 0 Å². The summed E-state index contributed by atoms with van der Waals surface area (Å²) in [6.07, 6.45) is -4.25. The topological polar surface area (TPSA) is 87.3 Å². The zero-order valence-electron chi connectivity index (χ0n) is 24.4. The Kier molecular flexibility index (Phi) is 10.8. The minimum atomic E-state index is -5.73. The van der Waals surface area contributed by atoms with E-state index in [0.717, 1.165) is 17.3 Å². The molecule has 244 valence electrons. The van der Waals surface area contributed by atoms with Crippen LogP contribution in [0, 0.1) is 30.2 Å². The summed E-state index contributed by atoms with van der Waals surface area (Å²) in [4.78, 5) is 39.2. The second-order valence-electron chi connectivity index (χ2n) is 10.0. The zero-order valence-corrected chi connectivity index (χ0v) is 25.3. The smallest absolute Gasteiger partial charge is 0.321 e. The van der Waals surface area contributed by atoms with Crippen LogP contribution in [0.4, 0.5) is 42.1 Å². The molecule has 0 bridgehead atoms. The molecule has 0 saturated heterocycles. The van der Waals surface area contributed by atoms with Gasteiger partial charge < -0.3 is 16.0 Å². The van der Waals surface area contributed by atoms with Crippen LogP contribution in [0.15, 0.2) is 89.5 Å². The van der Waals surface area contributed by atoms with E-state index in [0.29, 0.717) is 16.0 Å². The first-order valence-electron chi connectivity index (χ1n) is 13.6. The van der Waals surface area contributed by atoms with Crippen LogP contribution in [-0.4, -0.2) is 23.0 Å². The third-order valence-electron chi connectivity index (χ3n) is 6.49. The van der Waals surface area contributed by atoms with Crippen LogP contribution in [0.3, 0.4) is 0 Å². The molecule has 14 heteroatoms. The van der Waals surface area contributed by atoms with Crippen LogP contribution in [-0.2, 0) is 15.8 Å². The number of anilines is 2. The molecule has 4 rings (SSSR count). The molecule has 0 saturated carbocycles. The van der Waals surface area contributed by atoms with Crippen molar-refractivity contribution >= 4 is 46.9 Å². The fourth-order valence-electron chi connectivity index (χ4n) is 4.09. The van der Waals surface area contributed by atoms with Crippen molar-refractivity contribution in [1.82, 2.24) is 5.32 Å². The molecule has 1 unspecified atom stereocenters. The Balaban J connectivity index is 1.50. The van der Waals surface area contributed by atoms with Gasteiger partial charge in [-0.15, -0.1) is 11.8 Å². The standard InChI is InChI=1S/C33H24F7N3O3S/c1-17-11-13-19(14-12-17)15-23(42-31(45)20-7-4-3-5-8-20)32(46)41-21-9-6-10-22(16-21)47-18(2)30(44)43-29-27(36)25(34)24(33(38,39)40)26(35)28(29)37/h3-16,18H,1-2H3,(H,41,46)(H,42,45)(H,43,44)/b23-15+. The number of alkyl halides is 3. The Morgan fingerprint density at radius 1 is 0.787 bits per heavy atom. The second-order valence-corrected chi connectivity index (χ2v) is 11.4. The van der Waals surface area contributed by atoms with Gasteiger partial charge in [0.15, 0.2) is 23.3 Å². The number of aryl methyl sites for hydroxylation is 1. The number of rotatable bonds is 9. The first-order valence-corrected chi connectivity index (χ1v) is 14.5. The summed E-state index contributed by atoms with van der Waals surface area (Å²) >= 11 is 0.800. The molecule has 0 radical (unpaired) electrons.